The van der Waals surface area contributed by atoms with Gasteiger partial charge in [0.1, 0.15) is 0 Å². The van der Waals surface area contributed by atoms with Crippen LogP contribution in [0.5, 0.6) is 0 Å². The van der Waals surface area contributed by atoms with Crippen LogP contribution in [0.4, 0.5) is 4.79 Å². The molecule has 0 saturated carbocycles. The summed E-state index contributed by atoms with van der Waals surface area (Å²) in [6.45, 7) is -0.256. The summed E-state index contributed by atoms with van der Waals surface area (Å²) in [5.41, 5.74) is 1.06. The molecule has 1 fully saturated rings. The lowest BCUT2D eigenvalue weighted by atomic mass is 10.1. The number of thioether (sulfide) groups is 1. The van der Waals surface area contributed by atoms with Crippen molar-refractivity contribution in [1.82, 2.24) is 9.88 Å². The molecule has 2 heterocycles. The number of carbonyl (C=O) groups excluding carboxylic acids is 3. The van der Waals surface area contributed by atoms with Crippen LogP contribution < -0.4 is 0 Å². The van der Waals surface area contributed by atoms with E-state index in [0.717, 1.165) is 16.7 Å². The minimum Gasteiger partial charge on any atom is -0.292 e. The molecular weight excluding hydrogens is 312 g/mol. The maximum absolute atomic E-state index is 12.3. The van der Waals surface area contributed by atoms with Crippen LogP contribution in [0.1, 0.15) is 16.1 Å². The summed E-state index contributed by atoms with van der Waals surface area (Å²) in [6, 6.07) is 13.9. The van der Waals surface area contributed by atoms with Crippen molar-refractivity contribution in [3.8, 4) is 0 Å². The molecule has 0 bridgehead atoms. The van der Waals surface area contributed by atoms with E-state index in [-0.39, 0.29) is 17.2 Å². The maximum atomic E-state index is 12.3. The maximum Gasteiger partial charge on any atom is 0.293 e. The predicted molar refractivity (Wildman–Crippen MR) is 87.7 cm³/mol. The highest BCUT2D eigenvalue weighted by atomic mass is 32.2. The molecular formula is C17H12N2O3S. The molecule has 0 spiro atoms. The highest BCUT2D eigenvalue weighted by molar-refractivity contribution is 8.18. The lowest BCUT2D eigenvalue weighted by Crippen LogP contribution is -2.33. The molecule has 1 aromatic heterocycles. The van der Waals surface area contributed by atoms with Crippen LogP contribution in [-0.2, 0) is 4.79 Å². The summed E-state index contributed by atoms with van der Waals surface area (Å²) in [6.07, 6.45) is 3.16. The Hall–Kier alpha value is -2.73. The predicted octanol–water partition coefficient (Wildman–Crippen LogP) is 3.00. The highest BCUT2D eigenvalue weighted by Crippen LogP contribution is 2.31. The molecule has 5 nitrogen and oxygen atoms in total. The fourth-order valence-electron chi connectivity index (χ4n) is 2.09. The van der Waals surface area contributed by atoms with Gasteiger partial charge in [0.2, 0.25) is 0 Å². The molecule has 1 aromatic carbocycles. The van der Waals surface area contributed by atoms with Gasteiger partial charge in [0.15, 0.2) is 5.78 Å². The van der Waals surface area contributed by atoms with Crippen molar-refractivity contribution in [2.75, 3.05) is 6.54 Å². The van der Waals surface area contributed by atoms with Crippen molar-refractivity contribution in [3.63, 3.8) is 0 Å². The van der Waals surface area contributed by atoms with Gasteiger partial charge in [-0.05, 0) is 30.0 Å². The zero-order chi connectivity index (χ0) is 16.2. The van der Waals surface area contributed by atoms with E-state index in [9.17, 15) is 14.4 Å². The van der Waals surface area contributed by atoms with Gasteiger partial charge in [-0.2, -0.15) is 0 Å². The number of hydrogen-bond donors (Lipinski definition) is 0. The van der Waals surface area contributed by atoms with Crippen LogP contribution in [-0.4, -0.2) is 33.4 Å². The Balaban J connectivity index is 1.77. The first kappa shape index (κ1) is 15.2. The molecule has 2 aromatic rings. The number of hydrogen-bond acceptors (Lipinski definition) is 5. The van der Waals surface area contributed by atoms with Crippen molar-refractivity contribution in [2.45, 2.75) is 0 Å². The Kier molecular flexibility index (Phi) is 4.34. The summed E-state index contributed by atoms with van der Waals surface area (Å²) < 4.78 is 0. The number of pyridine rings is 1. The number of rotatable bonds is 4. The number of nitrogens with zero attached hydrogens (tertiary/aromatic N) is 2. The second-order valence-corrected chi connectivity index (χ2v) is 5.80. The molecule has 0 radical (unpaired) electrons. The number of ketones is 1. The molecule has 1 aliphatic heterocycles. The number of amides is 2. The molecule has 1 aliphatic rings. The lowest BCUT2D eigenvalue weighted by molar-refractivity contribution is -0.122. The molecule has 1 saturated heterocycles. The second kappa shape index (κ2) is 6.58. The number of imide groups is 1. The van der Waals surface area contributed by atoms with Crippen molar-refractivity contribution in [3.05, 3.63) is 70.9 Å². The van der Waals surface area contributed by atoms with Gasteiger partial charge in [-0.25, -0.2) is 0 Å². The van der Waals surface area contributed by atoms with Gasteiger partial charge >= 0.3 is 0 Å². The van der Waals surface area contributed by atoms with Gasteiger partial charge in [0.25, 0.3) is 11.1 Å². The third-order valence-corrected chi connectivity index (χ3v) is 4.15. The van der Waals surface area contributed by atoms with Gasteiger partial charge < -0.3 is 0 Å². The Bertz CT molecular complexity index is 788. The average Bonchev–Trinajstić information content (AvgIpc) is 2.84. The van der Waals surface area contributed by atoms with E-state index < -0.39 is 11.1 Å². The fraction of sp³-hybridized carbons (Fsp3) is 0.0588. The third-order valence-electron chi connectivity index (χ3n) is 3.24. The highest BCUT2D eigenvalue weighted by Gasteiger charge is 2.36. The van der Waals surface area contributed by atoms with Crippen LogP contribution >= 0.6 is 11.8 Å². The van der Waals surface area contributed by atoms with E-state index in [4.69, 9.17) is 0 Å². The summed E-state index contributed by atoms with van der Waals surface area (Å²) in [5, 5.41) is -0.443. The SMILES string of the molecule is O=C(CN1C(=O)S/C(=C\c2ccccn2)C1=O)c1ccccc1. The Labute approximate surface area is 137 Å². The van der Waals surface area contributed by atoms with Crippen molar-refractivity contribution >= 4 is 34.8 Å². The molecule has 23 heavy (non-hydrogen) atoms. The number of carbonyl (C=O) groups is 3. The average molecular weight is 324 g/mol. The summed E-state index contributed by atoms with van der Waals surface area (Å²) in [7, 11) is 0. The van der Waals surface area contributed by atoms with Crippen molar-refractivity contribution in [2.24, 2.45) is 0 Å². The van der Waals surface area contributed by atoms with Crippen LogP contribution in [0, 0.1) is 0 Å². The van der Waals surface area contributed by atoms with E-state index >= 15 is 0 Å². The van der Waals surface area contributed by atoms with Gasteiger partial charge in [0.05, 0.1) is 17.1 Å². The van der Waals surface area contributed by atoms with Crippen LogP contribution in [0.2, 0.25) is 0 Å². The summed E-state index contributed by atoms with van der Waals surface area (Å²) >= 11 is 0.820. The van der Waals surface area contributed by atoms with Crippen LogP contribution in [0.3, 0.4) is 0 Å². The minimum atomic E-state index is -0.463. The molecule has 114 valence electrons. The second-order valence-electron chi connectivity index (χ2n) is 4.81. The van der Waals surface area contributed by atoms with Gasteiger partial charge in [-0.15, -0.1) is 0 Å². The van der Waals surface area contributed by atoms with Gasteiger partial charge in [0, 0.05) is 11.8 Å². The van der Waals surface area contributed by atoms with Gasteiger partial charge in [-0.3, -0.25) is 24.3 Å². The van der Waals surface area contributed by atoms with E-state index in [1.54, 1.807) is 60.8 Å². The van der Waals surface area contributed by atoms with Crippen LogP contribution in [0.25, 0.3) is 6.08 Å². The normalized spacial score (nSPS) is 16.2. The lowest BCUT2D eigenvalue weighted by Gasteiger charge is -2.11. The number of aromatic nitrogens is 1. The fourth-order valence-corrected chi connectivity index (χ4v) is 2.91. The zero-order valence-corrected chi connectivity index (χ0v) is 12.8. The summed E-state index contributed by atoms with van der Waals surface area (Å²) in [4.78, 5) is 41.8. The molecule has 0 unspecified atom stereocenters. The molecule has 6 heteroatoms. The first-order chi connectivity index (χ1) is 11.1. The van der Waals surface area contributed by atoms with Crippen molar-refractivity contribution in [1.29, 1.82) is 0 Å². The minimum absolute atomic E-state index is 0.256. The standard InChI is InChI=1S/C17H12N2O3S/c20-14(12-6-2-1-3-7-12)11-19-16(21)15(23-17(19)22)10-13-8-4-5-9-18-13/h1-10H,11H2/b15-10-. The topological polar surface area (TPSA) is 67.3 Å². The first-order valence-corrected chi connectivity index (χ1v) is 7.71. The quantitative estimate of drug-likeness (QED) is 0.639. The first-order valence-electron chi connectivity index (χ1n) is 6.90. The van der Waals surface area contributed by atoms with Crippen LogP contribution in [0.15, 0.2) is 59.6 Å². The molecule has 2 amide bonds. The van der Waals surface area contributed by atoms with Crippen molar-refractivity contribution < 1.29 is 14.4 Å². The Morgan fingerprint density at radius 3 is 2.52 bits per heavy atom. The smallest absolute Gasteiger partial charge is 0.292 e. The van der Waals surface area contributed by atoms with E-state index in [0.29, 0.717) is 11.3 Å². The van der Waals surface area contributed by atoms with Gasteiger partial charge in [-0.1, -0.05) is 36.4 Å². The monoisotopic (exact) mass is 324 g/mol. The molecule has 3 rings (SSSR count). The Morgan fingerprint density at radius 2 is 1.83 bits per heavy atom. The number of benzene rings is 1. The van der Waals surface area contributed by atoms with E-state index in [1.165, 1.54) is 0 Å². The van der Waals surface area contributed by atoms with E-state index in [1.807, 2.05) is 0 Å². The zero-order valence-electron chi connectivity index (χ0n) is 12.0. The third kappa shape index (κ3) is 3.37. The Morgan fingerprint density at radius 1 is 1.09 bits per heavy atom. The molecule has 0 aliphatic carbocycles. The summed E-state index contributed by atoms with van der Waals surface area (Å²) in [5.74, 6) is -0.734. The molecule has 0 N–H and O–H groups in total. The largest absolute Gasteiger partial charge is 0.293 e. The number of Topliss-reactive ketones (excluding diaryl/α,β-unsaturated/α-hetero) is 1. The van der Waals surface area contributed by atoms with E-state index in [2.05, 4.69) is 4.98 Å². The molecule has 0 atom stereocenters.